The molecular weight excluding hydrogens is 91.0 g/mol. The summed E-state index contributed by atoms with van der Waals surface area (Å²) in [5.41, 5.74) is 0. The molecule has 1 heterocycles. The summed E-state index contributed by atoms with van der Waals surface area (Å²) in [6.07, 6.45) is 0. The van der Waals surface area contributed by atoms with E-state index < -0.39 is 0 Å². The zero-order valence-corrected chi connectivity index (χ0v) is 5.72. The van der Waals surface area contributed by atoms with Crippen LogP contribution in [0.25, 0.3) is 0 Å². The fraction of sp³-hybridized carbons (Fsp3) is 1.00. The van der Waals surface area contributed by atoms with Gasteiger partial charge >= 0.3 is 15.7 Å². The van der Waals surface area contributed by atoms with E-state index in [0.29, 0.717) is 0 Å². The van der Waals surface area contributed by atoms with Crippen LogP contribution in [0.5, 0.6) is 0 Å². The number of hydrogen-bond donors (Lipinski definition) is 0. The van der Waals surface area contributed by atoms with E-state index in [9.17, 15) is 0 Å². The highest BCUT2D eigenvalue weighted by Gasteiger charge is 2.18. The van der Waals surface area contributed by atoms with Gasteiger partial charge in [0, 0.05) is 6.67 Å². The van der Waals surface area contributed by atoms with Gasteiger partial charge < -0.3 is 7.77 Å². The van der Waals surface area contributed by atoms with Crippen molar-refractivity contribution in [3.8, 4) is 0 Å². The van der Waals surface area contributed by atoms with Crippen molar-refractivity contribution in [1.29, 1.82) is 0 Å². The van der Waals surface area contributed by atoms with Crippen LogP contribution in [0.1, 0.15) is 0 Å². The molecule has 1 aliphatic rings. The lowest BCUT2D eigenvalue weighted by Gasteiger charge is -2.35. The molecule has 0 unspecified atom stereocenters. The predicted molar refractivity (Wildman–Crippen MR) is 27.5 cm³/mol. The van der Waals surface area contributed by atoms with Crippen molar-refractivity contribution in [2.45, 2.75) is 0 Å². The first-order valence-corrected chi connectivity index (χ1v) is 3.42. The Morgan fingerprint density at radius 3 is 1.67 bits per heavy atom. The summed E-state index contributed by atoms with van der Waals surface area (Å²) < 4.78 is 4.78. The Kier molecular flexibility index (Phi) is 1.16. The van der Waals surface area contributed by atoms with Gasteiger partial charge in [0.2, 0.25) is 0 Å². The van der Waals surface area contributed by atoms with Crippen molar-refractivity contribution in [3.63, 3.8) is 0 Å². The predicted octanol–water partition coefficient (Wildman–Crippen LogP) is -0.912. The highest BCUT2D eigenvalue weighted by atomic mass is 27.1. The van der Waals surface area contributed by atoms with Crippen LogP contribution in [0.2, 0.25) is 0 Å². The largest absolute Gasteiger partial charge is 0.464 e. The van der Waals surface area contributed by atoms with Gasteiger partial charge in [0.25, 0.3) is 0 Å². The van der Waals surface area contributed by atoms with E-state index in [0.717, 1.165) is 0 Å². The lowest BCUT2D eigenvalue weighted by atomic mass is 11.0. The second kappa shape index (κ2) is 1.51. The Balaban J connectivity index is 2.11. The van der Waals surface area contributed by atoms with Gasteiger partial charge in [0.05, 0.1) is 0 Å². The topological polar surface area (TPSA) is 6.48 Å². The van der Waals surface area contributed by atoms with Crippen molar-refractivity contribution in [1.82, 2.24) is 7.77 Å². The summed E-state index contributed by atoms with van der Waals surface area (Å²) in [7, 11) is 4.35. The minimum absolute atomic E-state index is 0.120. The lowest BCUT2D eigenvalue weighted by molar-refractivity contribution is 0.269. The zero-order chi connectivity index (χ0) is 4.57. The molecule has 0 aromatic carbocycles. The molecule has 0 atom stereocenters. The molecule has 0 aliphatic carbocycles. The molecular formula is C3H9AlN2. The van der Waals surface area contributed by atoms with E-state index in [4.69, 9.17) is 0 Å². The molecule has 1 saturated heterocycles. The Morgan fingerprint density at radius 2 is 1.67 bits per heavy atom. The maximum atomic E-state index is 2.39. The van der Waals surface area contributed by atoms with Crippen molar-refractivity contribution in [3.05, 3.63) is 0 Å². The molecule has 0 spiro atoms. The molecule has 0 radical (unpaired) electrons. The van der Waals surface area contributed by atoms with Crippen LogP contribution in [0, 0.1) is 0 Å². The summed E-state index contributed by atoms with van der Waals surface area (Å²) in [6, 6.07) is 0. The van der Waals surface area contributed by atoms with Crippen LogP contribution in [-0.2, 0) is 0 Å². The quantitative estimate of drug-likeness (QED) is 0.363. The molecule has 0 aromatic heterocycles. The second-order valence-electron chi connectivity index (χ2n) is 1.99. The smallest absolute Gasteiger partial charge is 0.366 e. The van der Waals surface area contributed by atoms with Crippen LogP contribution in [0.4, 0.5) is 0 Å². The normalized spacial score (nSPS) is 25.7. The van der Waals surface area contributed by atoms with E-state index in [2.05, 4.69) is 21.9 Å². The van der Waals surface area contributed by atoms with Gasteiger partial charge in [-0.25, -0.2) is 0 Å². The summed E-state index contributed by atoms with van der Waals surface area (Å²) in [5, 5.41) is 0. The third kappa shape index (κ3) is 0.743. The molecule has 0 saturated carbocycles. The fourth-order valence-corrected chi connectivity index (χ4v) is 2.07. The molecule has 0 amide bonds. The van der Waals surface area contributed by atoms with E-state index in [1.54, 1.807) is 0 Å². The highest BCUT2D eigenvalue weighted by molar-refractivity contribution is 6.31. The molecule has 34 valence electrons. The van der Waals surface area contributed by atoms with Crippen LogP contribution >= 0.6 is 0 Å². The van der Waals surface area contributed by atoms with Gasteiger partial charge in [-0.15, -0.1) is 0 Å². The van der Waals surface area contributed by atoms with Crippen LogP contribution < -0.4 is 0 Å². The maximum absolute atomic E-state index is 2.39. The Hall–Kier alpha value is 0.452. The first-order chi connectivity index (χ1) is 2.79. The van der Waals surface area contributed by atoms with Crippen molar-refractivity contribution < 1.29 is 0 Å². The van der Waals surface area contributed by atoms with Crippen LogP contribution in [0.15, 0.2) is 0 Å². The zero-order valence-electron chi connectivity index (χ0n) is 4.31. The third-order valence-corrected chi connectivity index (χ3v) is 2.33. The van der Waals surface area contributed by atoms with Crippen LogP contribution in [0.3, 0.4) is 0 Å². The lowest BCUT2D eigenvalue weighted by Crippen LogP contribution is -2.53. The molecule has 3 heteroatoms. The minimum Gasteiger partial charge on any atom is -0.366 e. The number of rotatable bonds is 0. The maximum Gasteiger partial charge on any atom is 0.464 e. The summed E-state index contributed by atoms with van der Waals surface area (Å²) >= 11 is 0.120. The van der Waals surface area contributed by atoms with Gasteiger partial charge in [-0.1, -0.05) is 0 Å². The van der Waals surface area contributed by atoms with Gasteiger partial charge in [0.15, 0.2) is 0 Å². The fourth-order valence-electron chi connectivity index (χ4n) is 0.783. The van der Waals surface area contributed by atoms with Gasteiger partial charge in [-0.2, -0.15) is 0 Å². The summed E-state index contributed by atoms with van der Waals surface area (Å²) in [6.45, 7) is 1.20. The van der Waals surface area contributed by atoms with E-state index >= 15 is 0 Å². The van der Waals surface area contributed by atoms with Gasteiger partial charge in [-0.05, 0) is 14.1 Å². The van der Waals surface area contributed by atoms with E-state index in [1.807, 2.05) is 0 Å². The standard InChI is InChI=1S/C3H8N2.Al.H/c1-4-3-5-2;;/h3H2,1-2H3;;/q-2;+2;. The number of hydrogen-bond acceptors (Lipinski definition) is 2. The van der Waals surface area contributed by atoms with E-state index in [-0.39, 0.29) is 15.7 Å². The molecule has 0 N–H and O–H groups in total. The molecule has 1 rings (SSSR count). The average Bonchev–Trinajstić information content (AvgIpc) is 1.33. The monoisotopic (exact) mass is 100 g/mol. The SMILES string of the molecule is C[N]1C[N](C)[AlH]1. The minimum atomic E-state index is 0.120. The molecule has 0 aromatic rings. The van der Waals surface area contributed by atoms with Gasteiger partial charge in [0.1, 0.15) is 0 Å². The first kappa shape index (κ1) is 4.61. The van der Waals surface area contributed by atoms with Crippen LogP contribution in [-0.4, -0.2) is 44.2 Å². The average molecular weight is 100 g/mol. The molecule has 2 nitrogen and oxygen atoms in total. The van der Waals surface area contributed by atoms with Crippen molar-refractivity contribution >= 4 is 15.7 Å². The molecule has 1 fully saturated rings. The number of nitrogens with zero attached hydrogens (tertiary/aromatic N) is 2. The Bertz CT molecular complexity index is 44.8. The molecule has 1 aliphatic heterocycles. The van der Waals surface area contributed by atoms with Gasteiger partial charge in [-0.3, -0.25) is 0 Å². The second-order valence-corrected chi connectivity index (χ2v) is 4.44. The molecule has 6 heavy (non-hydrogen) atoms. The van der Waals surface area contributed by atoms with E-state index in [1.165, 1.54) is 6.67 Å². The third-order valence-electron chi connectivity index (χ3n) is 0.966. The summed E-state index contributed by atoms with van der Waals surface area (Å²) in [4.78, 5) is 0. The Morgan fingerprint density at radius 1 is 1.33 bits per heavy atom. The van der Waals surface area contributed by atoms with Crippen molar-refractivity contribution in [2.75, 3.05) is 20.8 Å². The molecule has 0 bridgehead atoms. The van der Waals surface area contributed by atoms with Crippen molar-refractivity contribution in [2.24, 2.45) is 0 Å². The highest BCUT2D eigenvalue weighted by Crippen LogP contribution is 1.94. The summed E-state index contributed by atoms with van der Waals surface area (Å²) in [5.74, 6) is 0. The Labute approximate surface area is 44.9 Å². The first-order valence-electron chi connectivity index (χ1n) is 2.16.